The highest BCUT2D eigenvalue weighted by atomic mass is 32.2. The van der Waals surface area contributed by atoms with Crippen LogP contribution in [0, 0.1) is 0 Å². The van der Waals surface area contributed by atoms with E-state index in [9.17, 15) is 0 Å². The third-order valence-electron chi connectivity index (χ3n) is 1.80. The maximum atomic E-state index is 5.55. The van der Waals surface area contributed by atoms with Crippen molar-refractivity contribution in [3.63, 3.8) is 0 Å². The second-order valence-corrected chi connectivity index (χ2v) is 3.90. The molecule has 0 fully saturated rings. The summed E-state index contributed by atoms with van der Waals surface area (Å²) in [4.78, 5) is 12.2. The van der Waals surface area contributed by atoms with Crippen LogP contribution in [0.25, 0.3) is 0 Å². The van der Waals surface area contributed by atoms with Gasteiger partial charge in [0.25, 0.3) is 0 Å². The van der Waals surface area contributed by atoms with Crippen molar-refractivity contribution in [1.82, 2.24) is 15.0 Å². The zero-order valence-electron chi connectivity index (χ0n) is 8.00. The first kappa shape index (κ1) is 10.1. The zero-order valence-corrected chi connectivity index (χ0v) is 8.81. The quantitative estimate of drug-likeness (QED) is 0.790. The lowest BCUT2D eigenvalue weighted by Gasteiger charge is -2.01. The summed E-state index contributed by atoms with van der Waals surface area (Å²) in [5.41, 5.74) is 6.62. The molecule has 0 saturated heterocycles. The molecule has 0 atom stereocenters. The van der Waals surface area contributed by atoms with Gasteiger partial charge in [-0.15, -0.1) is 0 Å². The Balaban J connectivity index is 2.17. The Labute approximate surface area is 92.0 Å². The third kappa shape index (κ3) is 2.74. The molecule has 0 amide bonds. The Morgan fingerprint density at radius 1 is 1.13 bits per heavy atom. The van der Waals surface area contributed by atoms with Crippen LogP contribution in [-0.4, -0.2) is 15.0 Å². The van der Waals surface area contributed by atoms with Crippen molar-refractivity contribution in [2.24, 2.45) is 5.73 Å². The van der Waals surface area contributed by atoms with Gasteiger partial charge in [0, 0.05) is 18.9 Å². The van der Waals surface area contributed by atoms with E-state index < -0.39 is 0 Å². The molecule has 0 radical (unpaired) electrons. The fraction of sp³-hybridized carbons (Fsp3) is 0.100. The Morgan fingerprint density at radius 3 is 2.80 bits per heavy atom. The van der Waals surface area contributed by atoms with Gasteiger partial charge in [0.1, 0.15) is 16.4 Å². The van der Waals surface area contributed by atoms with E-state index in [1.54, 1.807) is 12.4 Å². The molecule has 0 saturated carbocycles. The summed E-state index contributed by atoms with van der Waals surface area (Å²) in [5.74, 6) is 0. The molecule has 0 aliphatic carbocycles. The molecule has 2 N–H and O–H groups in total. The fourth-order valence-electron chi connectivity index (χ4n) is 1.08. The molecule has 0 aliphatic heterocycles. The van der Waals surface area contributed by atoms with E-state index in [0.717, 1.165) is 15.6 Å². The first-order chi connectivity index (χ1) is 7.38. The maximum Gasteiger partial charge on any atom is 0.116 e. The summed E-state index contributed by atoms with van der Waals surface area (Å²) in [6.45, 7) is 0.528. The Morgan fingerprint density at radius 2 is 2.07 bits per heavy atom. The molecule has 76 valence electrons. The molecule has 0 unspecified atom stereocenters. The number of rotatable bonds is 3. The van der Waals surface area contributed by atoms with E-state index in [-0.39, 0.29) is 0 Å². The lowest BCUT2D eigenvalue weighted by atomic mass is 10.3. The minimum absolute atomic E-state index is 0.528. The lowest BCUT2D eigenvalue weighted by Crippen LogP contribution is -1.96. The Kier molecular flexibility index (Phi) is 3.26. The average Bonchev–Trinajstić information content (AvgIpc) is 2.31. The molecule has 5 heteroatoms. The van der Waals surface area contributed by atoms with Gasteiger partial charge in [0.15, 0.2) is 0 Å². The van der Waals surface area contributed by atoms with Crippen LogP contribution < -0.4 is 5.73 Å². The van der Waals surface area contributed by atoms with Crippen molar-refractivity contribution in [2.75, 3.05) is 0 Å². The SMILES string of the molecule is NCc1ccnc(Sc2ccncn2)c1. The van der Waals surface area contributed by atoms with Gasteiger partial charge in [-0.25, -0.2) is 15.0 Å². The smallest absolute Gasteiger partial charge is 0.116 e. The van der Waals surface area contributed by atoms with Gasteiger partial charge in [0.2, 0.25) is 0 Å². The molecular formula is C10H10N4S. The Hall–Kier alpha value is -1.46. The highest BCUT2D eigenvalue weighted by Gasteiger charge is 2.00. The van der Waals surface area contributed by atoms with E-state index in [2.05, 4.69) is 15.0 Å². The maximum absolute atomic E-state index is 5.55. The summed E-state index contributed by atoms with van der Waals surface area (Å²) in [7, 11) is 0. The minimum atomic E-state index is 0.528. The number of nitrogens with zero attached hydrogens (tertiary/aromatic N) is 3. The topological polar surface area (TPSA) is 64.7 Å². The van der Waals surface area contributed by atoms with Crippen LogP contribution in [-0.2, 0) is 6.54 Å². The molecule has 2 heterocycles. The second kappa shape index (κ2) is 4.86. The summed E-state index contributed by atoms with van der Waals surface area (Å²) in [6.07, 6.45) is 4.99. The first-order valence-corrected chi connectivity index (χ1v) is 5.29. The van der Waals surface area contributed by atoms with Gasteiger partial charge in [-0.2, -0.15) is 0 Å². The largest absolute Gasteiger partial charge is 0.326 e. The molecular weight excluding hydrogens is 208 g/mol. The fourth-order valence-corrected chi connectivity index (χ4v) is 1.85. The standard InChI is InChI=1S/C10H10N4S/c11-6-8-1-4-13-10(5-8)15-9-2-3-12-7-14-9/h1-5,7H,6,11H2. The summed E-state index contributed by atoms with van der Waals surface area (Å²) in [6, 6.07) is 5.72. The van der Waals surface area contributed by atoms with Crippen LogP contribution in [0.15, 0.2) is 47.0 Å². The van der Waals surface area contributed by atoms with Crippen molar-refractivity contribution in [2.45, 2.75) is 16.6 Å². The minimum Gasteiger partial charge on any atom is -0.326 e. The van der Waals surface area contributed by atoms with Crippen molar-refractivity contribution in [1.29, 1.82) is 0 Å². The summed E-state index contributed by atoms with van der Waals surface area (Å²) >= 11 is 1.50. The van der Waals surface area contributed by atoms with Gasteiger partial charge in [0.05, 0.1) is 0 Å². The van der Waals surface area contributed by atoms with E-state index in [4.69, 9.17) is 5.73 Å². The highest BCUT2D eigenvalue weighted by molar-refractivity contribution is 7.99. The van der Waals surface area contributed by atoms with Crippen molar-refractivity contribution in [3.8, 4) is 0 Å². The number of aromatic nitrogens is 3. The first-order valence-electron chi connectivity index (χ1n) is 4.47. The number of hydrogen-bond acceptors (Lipinski definition) is 5. The highest BCUT2D eigenvalue weighted by Crippen LogP contribution is 2.23. The monoisotopic (exact) mass is 218 g/mol. The average molecular weight is 218 g/mol. The molecule has 2 aromatic rings. The number of pyridine rings is 1. The van der Waals surface area contributed by atoms with Crippen LogP contribution in [0.3, 0.4) is 0 Å². The van der Waals surface area contributed by atoms with E-state index in [0.29, 0.717) is 6.54 Å². The number of nitrogens with two attached hydrogens (primary N) is 1. The van der Waals surface area contributed by atoms with Crippen LogP contribution in [0.1, 0.15) is 5.56 Å². The van der Waals surface area contributed by atoms with Gasteiger partial charge >= 0.3 is 0 Å². The summed E-state index contributed by atoms with van der Waals surface area (Å²) < 4.78 is 0. The van der Waals surface area contributed by atoms with Crippen LogP contribution in [0.2, 0.25) is 0 Å². The van der Waals surface area contributed by atoms with Gasteiger partial charge in [-0.1, -0.05) is 0 Å². The second-order valence-electron chi connectivity index (χ2n) is 2.86. The van der Waals surface area contributed by atoms with Gasteiger partial charge in [-0.05, 0) is 35.5 Å². The molecule has 15 heavy (non-hydrogen) atoms. The van der Waals surface area contributed by atoms with E-state index >= 15 is 0 Å². The van der Waals surface area contributed by atoms with Crippen molar-refractivity contribution in [3.05, 3.63) is 42.5 Å². The van der Waals surface area contributed by atoms with Crippen molar-refractivity contribution < 1.29 is 0 Å². The number of hydrogen-bond donors (Lipinski definition) is 1. The lowest BCUT2D eigenvalue weighted by molar-refractivity contribution is 1.01. The Bertz CT molecular complexity index is 432. The van der Waals surface area contributed by atoms with E-state index in [1.807, 2.05) is 18.2 Å². The predicted octanol–water partition coefficient (Wildman–Crippen LogP) is 1.48. The van der Waals surface area contributed by atoms with Crippen LogP contribution in [0.5, 0.6) is 0 Å². The van der Waals surface area contributed by atoms with Crippen LogP contribution in [0.4, 0.5) is 0 Å². The summed E-state index contributed by atoms with van der Waals surface area (Å²) in [5, 5.41) is 1.78. The molecule has 0 bridgehead atoms. The molecule has 0 spiro atoms. The van der Waals surface area contributed by atoms with Crippen molar-refractivity contribution >= 4 is 11.8 Å². The molecule has 2 aromatic heterocycles. The predicted molar refractivity (Wildman–Crippen MR) is 58.3 cm³/mol. The zero-order chi connectivity index (χ0) is 10.5. The van der Waals surface area contributed by atoms with Gasteiger partial charge < -0.3 is 5.73 Å². The van der Waals surface area contributed by atoms with E-state index in [1.165, 1.54) is 18.1 Å². The van der Waals surface area contributed by atoms with Gasteiger partial charge in [-0.3, -0.25) is 0 Å². The molecule has 0 aromatic carbocycles. The normalized spacial score (nSPS) is 10.2. The molecule has 4 nitrogen and oxygen atoms in total. The molecule has 0 aliphatic rings. The third-order valence-corrected chi connectivity index (χ3v) is 2.68. The molecule has 2 rings (SSSR count). The van der Waals surface area contributed by atoms with Crippen LogP contribution >= 0.6 is 11.8 Å².